The van der Waals surface area contributed by atoms with Gasteiger partial charge in [-0.25, -0.2) is 9.78 Å². The van der Waals surface area contributed by atoms with E-state index in [1.54, 1.807) is 19.1 Å². The van der Waals surface area contributed by atoms with Gasteiger partial charge in [-0.1, -0.05) is 35.1 Å². The number of halogens is 2. The van der Waals surface area contributed by atoms with E-state index in [2.05, 4.69) is 20.9 Å². The van der Waals surface area contributed by atoms with Crippen molar-refractivity contribution in [3.05, 3.63) is 38.1 Å². The molecule has 1 aromatic carbocycles. The van der Waals surface area contributed by atoms with Gasteiger partial charge < -0.3 is 4.74 Å². The first-order chi connectivity index (χ1) is 8.61. The van der Waals surface area contributed by atoms with Gasteiger partial charge in [0.1, 0.15) is 0 Å². The maximum Gasteiger partial charge on any atom is 0.367 e. The minimum absolute atomic E-state index is 0.332. The maximum atomic E-state index is 11.6. The molecule has 2 aromatic rings. The standard InChI is InChI=1S/C12H9BrClNO2S/c1-2-17-12(16)11-15-9(10(13)18-11)7-4-3-5-8(14)6-7/h3-6H,2H2,1H3. The molecule has 2 rings (SSSR count). The summed E-state index contributed by atoms with van der Waals surface area (Å²) in [4.78, 5) is 15.9. The molecule has 0 unspecified atom stereocenters. The molecule has 0 saturated carbocycles. The van der Waals surface area contributed by atoms with E-state index in [9.17, 15) is 4.79 Å². The van der Waals surface area contributed by atoms with Crippen LogP contribution in [0.3, 0.4) is 0 Å². The summed E-state index contributed by atoms with van der Waals surface area (Å²) >= 11 is 10.6. The van der Waals surface area contributed by atoms with E-state index in [0.717, 1.165) is 9.35 Å². The van der Waals surface area contributed by atoms with Crippen LogP contribution in [0.5, 0.6) is 0 Å². The van der Waals surface area contributed by atoms with Gasteiger partial charge in [-0.15, -0.1) is 0 Å². The Labute approximate surface area is 122 Å². The number of hydrogen-bond acceptors (Lipinski definition) is 4. The van der Waals surface area contributed by atoms with Crippen molar-refractivity contribution in [2.75, 3.05) is 6.61 Å². The van der Waals surface area contributed by atoms with Crippen LogP contribution < -0.4 is 0 Å². The maximum absolute atomic E-state index is 11.6. The van der Waals surface area contributed by atoms with Gasteiger partial charge in [0.2, 0.25) is 5.01 Å². The van der Waals surface area contributed by atoms with Crippen molar-refractivity contribution in [3.63, 3.8) is 0 Å². The van der Waals surface area contributed by atoms with Crippen LogP contribution in [-0.2, 0) is 4.74 Å². The van der Waals surface area contributed by atoms with E-state index in [4.69, 9.17) is 16.3 Å². The summed E-state index contributed by atoms with van der Waals surface area (Å²) in [7, 11) is 0. The van der Waals surface area contributed by atoms with Crippen LogP contribution in [0.1, 0.15) is 16.7 Å². The molecule has 0 fully saturated rings. The lowest BCUT2D eigenvalue weighted by Crippen LogP contribution is -2.03. The SMILES string of the molecule is CCOC(=O)c1nc(-c2cccc(Cl)c2)c(Br)s1. The molecule has 3 nitrogen and oxygen atoms in total. The number of rotatable bonds is 3. The van der Waals surface area contributed by atoms with Crippen LogP contribution in [0.15, 0.2) is 28.1 Å². The number of hydrogen-bond donors (Lipinski definition) is 0. The van der Waals surface area contributed by atoms with Crippen molar-refractivity contribution in [2.45, 2.75) is 6.92 Å². The fourth-order valence-corrected chi connectivity index (χ4v) is 3.07. The minimum atomic E-state index is -0.406. The molecule has 0 spiro atoms. The quantitative estimate of drug-likeness (QED) is 0.773. The number of thiazole rings is 1. The van der Waals surface area contributed by atoms with Crippen molar-refractivity contribution in [1.82, 2.24) is 4.98 Å². The Morgan fingerprint density at radius 3 is 3.00 bits per heavy atom. The zero-order valence-corrected chi connectivity index (χ0v) is 12.6. The van der Waals surface area contributed by atoms with Crippen LogP contribution in [0.2, 0.25) is 5.02 Å². The van der Waals surface area contributed by atoms with Crippen molar-refractivity contribution in [3.8, 4) is 11.3 Å². The van der Waals surface area contributed by atoms with E-state index >= 15 is 0 Å². The van der Waals surface area contributed by atoms with Crippen molar-refractivity contribution >= 4 is 44.8 Å². The molecule has 0 aliphatic rings. The number of carbonyl (C=O) groups excluding carboxylic acids is 1. The van der Waals surface area contributed by atoms with Crippen LogP contribution >= 0.6 is 38.9 Å². The van der Waals surface area contributed by atoms with Crippen molar-refractivity contribution in [2.24, 2.45) is 0 Å². The monoisotopic (exact) mass is 345 g/mol. The molecule has 0 aliphatic carbocycles. The predicted octanol–water partition coefficient (Wildman–Crippen LogP) is 4.40. The molecule has 0 aliphatic heterocycles. The van der Waals surface area contributed by atoms with E-state index in [-0.39, 0.29) is 0 Å². The largest absolute Gasteiger partial charge is 0.461 e. The van der Waals surface area contributed by atoms with Crippen LogP contribution in [0.4, 0.5) is 0 Å². The van der Waals surface area contributed by atoms with E-state index in [1.807, 2.05) is 12.1 Å². The molecule has 0 atom stereocenters. The Balaban J connectivity index is 2.38. The number of nitrogens with zero attached hydrogens (tertiary/aromatic N) is 1. The fourth-order valence-electron chi connectivity index (χ4n) is 1.40. The molecule has 0 bridgehead atoms. The number of ether oxygens (including phenoxy) is 1. The summed E-state index contributed by atoms with van der Waals surface area (Å²) < 4.78 is 5.70. The Kier molecular flexibility index (Phi) is 4.37. The summed E-state index contributed by atoms with van der Waals surface area (Å²) in [5.41, 5.74) is 1.56. The van der Waals surface area contributed by atoms with Gasteiger partial charge in [-0.2, -0.15) is 0 Å². The van der Waals surface area contributed by atoms with Gasteiger partial charge in [0.25, 0.3) is 0 Å². The van der Waals surface area contributed by atoms with E-state index < -0.39 is 5.97 Å². The zero-order valence-electron chi connectivity index (χ0n) is 9.44. The molecule has 0 amide bonds. The average Bonchev–Trinajstić information content (AvgIpc) is 2.72. The third-order valence-electron chi connectivity index (χ3n) is 2.13. The normalized spacial score (nSPS) is 10.4. The highest BCUT2D eigenvalue weighted by atomic mass is 79.9. The summed E-state index contributed by atoms with van der Waals surface area (Å²) in [6.45, 7) is 2.10. The van der Waals surface area contributed by atoms with Crippen molar-refractivity contribution in [1.29, 1.82) is 0 Å². The first-order valence-corrected chi connectivity index (χ1v) is 7.20. The van der Waals surface area contributed by atoms with Gasteiger partial charge in [-0.05, 0) is 35.0 Å². The molecule has 0 radical (unpaired) electrons. The number of benzene rings is 1. The third-order valence-corrected chi connectivity index (χ3v) is 4.05. The molecule has 0 N–H and O–H groups in total. The lowest BCUT2D eigenvalue weighted by molar-refractivity contribution is 0.0526. The first kappa shape index (κ1) is 13.5. The van der Waals surface area contributed by atoms with E-state index in [1.165, 1.54) is 11.3 Å². The summed E-state index contributed by atoms with van der Waals surface area (Å²) in [6.07, 6.45) is 0. The summed E-state index contributed by atoms with van der Waals surface area (Å²) in [6, 6.07) is 7.32. The second kappa shape index (κ2) is 5.82. The lowest BCUT2D eigenvalue weighted by atomic mass is 10.2. The molecule has 1 heterocycles. The van der Waals surface area contributed by atoms with Crippen molar-refractivity contribution < 1.29 is 9.53 Å². The Morgan fingerprint density at radius 2 is 2.33 bits per heavy atom. The second-order valence-electron chi connectivity index (χ2n) is 3.37. The highest BCUT2D eigenvalue weighted by molar-refractivity contribution is 9.11. The highest BCUT2D eigenvalue weighted by Crippen LogP contribution is 2.34. The highest BCUT2D eigenvalue weighted by Gasteiger charge is 2.17. The molecule has 18 heavy (non-hydrogen) atoms. The predicted molar refractivity (Wildman–Crippen MR) is 76.2 cm³/mol. The van der Waals surface area contributed by atoms with E-state index in [0.29, 0.717) is 22.3 Å². The summed E-state index contributed by atoms with van der Waals surface area (Å²) in [5, 5.41) is 0.962. The minimum Gasteiger partial charge on any atom is -0.461 e. The van der Waals surface area contributed by atoms with Gasteiger partial charge in [0.15, 0.2) is 0 Å². The number of carbonyl (C=O) groups is 1. The smallest absolute Gasteiger partial charge is 0.367 e. The van der Waals surface area contributed by atoms with Crippen LogP contribution in [0, 0.1) is 0 Å². The fraction of sp³-hybridized carbons (Fsp3) is 0.167. The molecular weight excluding hydrogens is 338 g/mol. The Bertz CT molecular complexity index is 585. The van der Waals surface area contributed by atoms with Gasteiger partial charge in [-0.3, -0.25) is 0 Å². The Morgan fingerprint density at radius 1 is 1.56 bits per heavy atom. The molecule has 94 valence electrons. The Hall–Kier alpha value is -0.910. The number of esters is 1. The lowest BCUT2D eigenvalue weighted by Gasteiger charge is -1.98. The zero-order chi connectivity index (χ0) is 13.1. The average molecular weight is 347 g/mol. The van der Waals surface area contributed by atoms with Crippen LogP contribution in [-0.4, -0.2) is 17.6 Å². The van der Waals surface area contributed by atoms with Crippen LogP contribution in [0.25, 0.3) is 11.3 Å². The third kappa shape index (κ3) is 2.91. The number of aromatic nitrogens is 1. The summed E-state index contributed by atoms with van der Waals surface area (Å²) in [5.74, 6) is -0.406. The van der Waals surface area contributed by atoms with Gasteiger partial charge >= 0.3 is 5.97 Å². The molecule has 1 aromatic heterocycles. The van der Waals surface area contributed by atoms with Gasteiger partial charge in [0, 0.05) is 10.6 Å². The molecular formula is C12H9BrClNO2S. The topological polar surface area (TPSA) is 39.2 Å². The molecule has 6 heteroatoms. The molecule has 0 saturated heterocycles. The second-order valence-corrected chi connectivity index (χ2v) is 6.13. The first-order valence-electron chi connectivity index (χ1n) is 5.21. The van der Waals surface area contributed by atoms with Gasteiger partial charge in [0.05, 0.1) is 16.1 Å².